The van der Waals surface area contributed by atoms with Crippen LogP contribution in [0.4, 0.5) is 4.39 Å². The minimum Gasteiger partial charge on any atom is -0.329 e. The summed E-state index contributed by atoms with van der Waals surface area (Å²) in [7, 11) is 0. The molecule has 1 aromatic carbocycles. The van der Waals surface area contributed by atoms with Crippen LogP contribution in [0, 0.1) is 12.7 Å². The Balaban J connectivity index is 2.49. The van der Waals surface area contributed by atoms with E-state index >= 15 is 0 Å². The van der Waals surface area contributed by atoms with E-state index in [0.717, 1.165) is 5.69 Å². The second-order valence-electron chi connectivity index (χ2n) is 4.05. The summed E-state index contributed by atoms with van der Waals surface area (Å²) in [5, 5.41) is 0.503. The van der Waals surface area contributed by atoms with Crippen LogP contribution in [0.2, 0.25) is 5.02 Å². The summed E-state index contributed by atoms with van der Waals surface area (Å²) in [6, 6.07) is 4.79. The Hall–Kier alpha value is -1.52. The van der Waals surface area contributed by atoms with Gasteiger partial charge in [-0.2, -0.15) is 0 Å². The van der Waals surface area contributed by atoms with E-state index in [2.05, 4.69) is 9.97 Å². The first-order valence-electron chi connectivity index (χ1n) is 5.55. The van der Waals surface area contributed by atoms with Crippen LogP contribution in [0.3, 0.4) is 0 Å². The molecule has 0 saturated carbocycles. The topological polar surface area (TPSA) is 51.8 Å². The van der Waals surface area contributed by atoms with Crippen molar-refractivity contribution in [1.82, 2.24) is 9.97 Å². The Morgan fingerprint density at radius 1 is 1.44 bits per heavy atom. The van der Waals surface area contributed by atoms with Gasteiger partial charge in [-0.3, -0.25) is 0 Å². The summed E-state index contributed by atoms with van der Waals surface area (Å²) < 4.78 is 13.6. The summed E-state index contributed by atoms with van der Waals surface area (Å²) in [5.74, 6) is -0.516. The molecule has 3 nitrogen and oxygen atoms in total. The number of nitrogens with two attached hydrogens (primary N) is 1. The van der Waals surface area contributed by atoms with E-state index in [4.69, 9.17) is 17.3 Å². The molecule has 0 saturated heterocycles. The molecule has 2 N–H and O–H groups in total. The highest BCUT2D eigenvalue weighted by Gasteiger charge is 2.18. The molecule has 18 heavy (non-hydrogen) atoms. The van der Waals surface area contributed by atoms with Gasteiger partial charge in [0.15, 0.2) is 0 Å². The lowest BCUT2D eigenvalue weighted by Gasteiger charge is -2.16. The smallest absolute Gasteiger partial charge is 0.126 e. The molecule has 1 atom stereocenters. The van der Waals surface area contributed by atoms with Gasteiger partial charge in [0.2, 0.25) is 0 Å². The highest BCUT2D eigenvalue weighted by atomic mass is 35.5. The van der Waals surface area contributed by atoms with Crippen LogP contribution in [0.25, 0.3) is 0 Å². The van der Waals surface area contributed by atoms with Gasteiger partial charge in [0.25, 0.3) is 0 Å². The van der Waals surface area contributed by atoms with E-state index in [1.165, 1.54) is 12.4 Å². The normalized spacial score (nSPS) is 12.4. The zero-order chi connectivity index (χ0) is 13.1. The molecule has 0 aliphatic heterocycles. The third kappa shape index (κ3) is 2.49. The van der Waals surface area contributed by atoms with Crippen molar-refractivity contribution in [2.24, 2.45) is 5.73 Å². The molecular weight excluding hydrogens is 253 g/mol. The fraction of sp³-hybridized carbons (Fsp3) is 0.231. The van der Waals surface area contributed by atoms with Crippen LogP contribution in [0.15, 0.2) is 30.7 Å². The first kappa shape index (κ1) is 12.9. The number of aryl methyl sites for hydroxylation is 1. The third-order valence-electron chi connectivity index (χ3n) is 2.85. The third-order valence-corrected chi connectivity index (χ3v) is 3.18. The van der Waals surface area contributed by atoms with Gasteiger partial charge in [-0.25, -0.2) is 14.4 Å². The second-order valence-corrected chi connectivity index (χ2v) is 4.45. The molecule has 2 rings (SSSR count). The Morgan fingerprint density at radius 3 is 2.83 bits per heavy atom. The average Bonchev–Trinajstić information content (AvgIpc) is 2.38. The van der Waals surface area contributed by atoms with Crippen LogP contribution in [0.5, 0.6) is 0 Å². The number of hydrogen-bond donors (Lipinski definition) is 1. The van der Waals surface area contributed by atoms with Crippen molar-refractivity contribution in [3.05, 3.63) is 58.4 Å². The number of nitrogens with zero attached hydrogens (tertiary/aromatic N) is 2. The number of hydrogen-bond acceptors (Lipinski definition) is 3. The molecular formula is C13H13ClFN3. The fourth-order valence-corrected chi connectivity index (χ4v) is 2.19. The standard InChI is InChI=1S/C13H13ClFN3/c1-8-4-11(14)9(5-12(8)15)10(6-16)13-2-3-17-7-18-13/h2-5,7,10H,6,16H2,1H3. The minimum absolute atomic E-state index is 0.226. The van der Waals surface area contributed by atoms with Crippen LogP contribution in [0.1, 0.15) is 22.7 Å². The maximum Gasteiger partial charge on any atom is 0.126 e. The largest absolute Gasteiger partial charge is 0.329 e. The van der Waals surface area contributed by atoms with Crippen LogP contribution < -0.4 is 5.73 Å². The number of aromatic nitrogens is 2. The molecule has 2 aromatic rings. The lowest BCUT2D eigenvalue weighted by atomic mass is 9.94. The predicted octanol–water partition coefficient (Wildman–Crippen LogP) is 2.67. The zero-order valence-electron chi connectivity index (χ0n) is 9.90. The van der Waals surface area contributed by atoms with E-state index in [1.807, 2.05) is 0 Å². The van der Waals surface area contributed by atoms with Crippen molar-refractivity contribution in [2.75, 3.05) is 6.54 Å². The maximum absolute atomic E-state index is 13.6. The first-order valence-corrected chi connectivity index (χ1v) is 5.92. The highest BCUT2D eigenvalue weighted by Crippen LogP contribution is 2.30. The van der Waals surface area contributed by atoms with Gasteiger partial charge in [0, 0.05) is 23.7 Å². The van der Waals surface area contributed by atoms with Crippen LogP contribution in [-0.4, -0.2) is 16.5 Å². The minimum atomic E-state index is -0.290. The molecule has 0 spiro atoms. The van der Waals surface area contributed by atoms with Crippen molar-refractivity contribution in [3.63, 3.8) is 0 Å². The monoisotopic (exact) mass is 265 g/mol. The fourth-order valence-electron chi connectivity index (χ4n) is 1.84. The zero-order valence-corrected chi connectivity index (χ0v) is 10.7. The van der Waals surface area contributed by atoms with Crippen molar-refractivity contribution in [3.8, 4) is 0 Å². The Kier molecular flexibility index (Phi) is 3.89. The molecule has 5 heteroatoms. The number of rotatable bonds is 3. The lowest BCUT2D eigenvalue weighted by Crippen LogP contribution is -2.16. The van der Waals surface area contributed by atoms with Crippen molar-refractivity contribution in [2.45, 2.75) is 12.8 Å². The maximum atomic E-state index is 13.6. The molecule has 1 aromatic heterocycles. The van der Waals surface area contributed by atoms with Gasteiger partial charge >= 0.3 is 0 Å². The molecule has 0 amide bonds. The molecule has 0 radical (unpaired) electrons. The average molecular weight is 266 g/mol. The van der Waals surface area contributed by atoms with Crippen molar-refractivity contribution < 1.29 is 4.39 Å². The van der Waals surface area contributed by atoms with Gasteiger partial charge in [-0.1, -0.05) is 11.6 Å². The van der Waals surface area contributed by atoms with Gasteiger partial charge in [-0.15, -0.1) is 0 Å². The van der Waals surface area contributed by atoms with Crippen LogP contribution >= 0.6 is 11.6 Å². The quantitative estimate of drug-likeness (QED) is 0.928. The summed E-state index contributed by atoms with van der Waals surface area (Å²) >= 11 is 6.16. The summed E-state index contributed by atoms with van der Waals surface area (Å²) in [5.41, 5.74) is 7.66. The number of benzene rings is 1. The van der Waals surface area contributed by atoms with Gasteiger partial charge < -0.3 is 5.73 Å². The van der Waals surface area contributed by atoms with E-state index < -0.39 is 0 Å². The van der Waals surface area contributed by atoms with E-state index in [1.54, 1.807) is 25.3 Å². The summed E-state index contributed by atoms with van der Waals surface area (Å²) in [4.78, 5) is 8.00. The Bertz CT molecular complexity index is 545. The molecule has 1 heterocycles. The summed E-state index contributed by atoms with van der Waals surface area (Å²) in [6.45, 7) is 1.98. The van der Waals surface area contributed by atoms with Crippen molar-refractivity contribution in [1.29, 1.82) is 0 Å². The van der Waals surface area contributed by atoms with Gasteiger partial charge in [0.1, 0.15) is 12.1 Å². The second kappa shape index (κ2) is 5.42. The molecule has 1 unspecified atom stereocenters. The molecule has 94 valence electrons. The lowest BCUT2D eigenvalue weighted by molar-refractivity contribution is 0.613. The van der Waals surface area contributed by atoms with Gasteiger partial charge in [-0.05, 0) is 36.2 Å². The summed E-state index contributed by atoms with van der Waals surface area (Å²) in [6.07, 6.45) is 3.07. The van der Waals surface area contributed by atoms with Gasteiger partial charge in [0.05, 0.1) is 5.69 Å². The van der Waals surface area contributed by atoms with Crippen LogP contribution in [-0.2, 0) is 0 Å². The molecule has 0 aliphatic rings. The molecule has 0 aliphatic carbocycles. The Labute approximate surface area is 110 Å². The SMILES string of the molecule is Cc1cc(Cl)c(C(CN)c2ccncn2)cc1F. The molecule has 0 fully saturated rings. The van der Waals surface area contributed by atoms with E-state index in [-0.39, 0.29) is 11.7 Å². The van der Waals surface area contributed by atoms with E-state index in [9.17, 15) is 4.39 Å². The Morgan fingerprint density at radius 2 is 2.22 bits per heavy atom. The first-order chi connectivity index (χ1) is 8.63. The highest BCUT2D eigenvalue weighted by molar-refractivity contribution is 6.31. The predicted molar refractivity (Wildman–Crippen MR) is 69.1 cm³/mol. The molecule has 0 bridgehead atoms. The van der Waals surface area contributed by atoms with E-state index in [0.29, 0.717) is 22.7 Å². The number of halogens is 2. The van der Waals surface area contributed by atoms with Crippen molar-refractivity contribution >= 4 is 11.6 Å².